The van der Waals surface area contributed by atoms with Crippen molar-refractivity contribution in [2.45, 2.75) is 26.8 Å². The van der Waals surface area contributed by atoms with Crippen LogP contribution in [0.5, 0.6) is 5.75 Å². The Balaban J connectivity index is 1.57. The van der Waals surface area contributed by atoms with Crippen LogP contribution in [-0.4, -0.2) is 26.4 Å². The number of hydrogen-bond acceptors (Lipinski definition) is 7. The largest absolute Gasteiger partial charge is 0.492 e. The Kier molecular flexibility index (Phi) is 5.90. The summed E-state index contributed by atoms with van der Waals surface area (Å²) in [4.78, 5) is 8.91. The van der Waals surface area contributed by atoms with Crippen LogP contribution in [0, 0.1) is 11.3 Å². The van der Waals surface area contributed by atoms with Crippen LogP contribution in [0.2, 0.25) is 0 Å². The van der Waals surface area contributed by atoms with E-state index in [9.17, 15) is 5.26 Å². The minimum absolute atomic E-state index is 0.504. The van der Waals surface area contributed by atoms with E-state index in [1.165, 1.54) is 0 Å². The highest BCUT2D eigenvalue weighted by Gasteiger charge is 2.17. The topological polar surface area (TPSA) is 115 Å². The maximum atomic E-state index is 9.99. The first kappa shape index (κ1) is 22.2. The average Bonchev–Trinajstić information content (AvgIpc) is 3.27. The summed E-state index contributed by atoms with van der Waals surface area (Å²) in [5.41, 5.74) is 12.3. The summed E-state index contributed by atoms with van der Waals surface area (Å²) in [6.45, 7) is 5.04. The van der Waals surface area contributed by atoms with E-state index in [2.05, 4.69) is 21.5 Å². The molecule has 0 spiro atoms. The molecule has 0 atom stereocenters. The second kappa shape index (κ2) is 9.31. The van der Waals surface area contributed by atoms with Crippen molar-refractivity contribution >= 4 is 38.9 Å². The van der Waals surface area contributed by atoms with E-state index in [0.29, 0.717) is 42.3 Å². The molecule has 3 N–H and O–H groups in total. The number of benzene rings is 2. The van der Waals surface area contributed by atoms with Gasteiger partial charge in [0.25, 0.3) is 0 Å². The quantitative estimate of drug-likeness (QED) is 0.319. The standard InChI is InChI=1S/C27H25N7O/c1-3-23-21(13-28)27(20-11-22(29)26(35-4-2)12-24(20)33-23)32-19-7-8-25-18(10-19)15-31-34(25)16-17-6-5-9-30-14-17/h5-12,14-15H,3-4,16,29H2,1-2H3,(H,32,33). The maximum absolute atomic E-state index is 9.99. The highest BCUT2D eigenvalue weighted by atomic mass is 16.5. The van der Waals surface area contributed by atoms with Gasteiger partial charge in [-0.25, -0.2) is 0 Å². The third kappa shape index (κ3) is 4.20. The van der Waals surface area contributed by atoms with E-state index in [1.807, 2.05) is 73.4 Å². The second-order valence-corrected chi connectivity index (χ2v) is 8.18. The molecular weight excluding hydrogens is 438 g/mol. The van der Waals surface area contributed by atoms with Gasteiger partial charge in [0.1, 0.15) is 11.8 Å². The molecule has 5 rings (SSSR count). The van der Waals surface area contributed by atoms with E-state index in [0.717, 1.165) is 38.8 Å². The molecule has 0 saturated heterocycles. The van der Waals surface area contributed by atoms with Gasteiger partial charge in [-0.1, -0.05) is 13.0 Å². The first-order valence-electron chi connectivity index (χ1n) is 11.5. The summed E-state index contributed by atoms with van der Waals surface area (Å²) in [5.74, 6) is 0.590. The molecule has 0 saturated carbocycles. The Bertz CT molecular complexity index is 1570. The van der Waals surface area contributed by atoms with Crippen LogP contribution in [0.25, 0.3) is 21.8 Å². The Morgan fingerprint density at radius 3 is 2.77 bits per heavy atom. The monoisotopic (exact) mass is 463 g/mol. The lowest BCUT2D eigenvalue weighted by Gasteiger charge is -2.16. The van der Waals surface area contributed by atoms with Crippen LogP contribution < -0.4 is 15.8 Å². The fourth-order valence-electron chi connectivity index (χ4n) is 4.25. The molecule has 3 heterocycles. The van der Waals surface area contributed by atoms with Crippen molar-refractivity contribution in [1.82, 2.24) is 19.7 Å². The van der Waals surface area contributed by atoms with Gasteiger partial charge in [0.15, 0.2) is 0 Å². The number of nitrogen functional groups attached to an aromatic ring is 1. The number of anilines is 3. The SMILES string of the molecule is CCOc1cc2nc(CC)c(C#N)c(Nc3ccc4c(cnn4Cc4cccnc4)c3)c2cc1N. The Hall–Kier alpha value is -4.64. The fraction of sp³-hybridized carbons (Fsp3) is 0.185. The van der Waals surface area contributed by atoms with Crippen LogP contribution in [-0.2, 0) is 13.0 Å². The number of aromatic nitrogens is 4. The van der Waals surface area contributed by atoms with Crippen LogP contribution in [0.15, 0.2) is 61.1 Å². The number of nitriles is 1. The molecule has 0 aliphatic carbocycles. The number of rotatable bonds is 7. The molecule has 8 nitrogen and oxygen atoms in total. The molecular formula is C27H25N7O. The average molecular weight is 464 g/mol. The summed E-state index contributed by atoms with van der Waals surface area (Å²) in [6.07, 6.45) is 6.07. The third-order valence-corrected chi connectivity index (χ3v) is 5.90. The Labute approximate surface area is 203 Å². The molecule has 0 aliphatic heterocycles. The molecule has 174 valence electrons. The third-order valence-electron chi connectivity index (χ3n) is 5.90. The predicted molar refractivity (Wildman–Crippen MR) is 138 cm³/mol. The molecule has 35 heavy (non-hydrogen) atoms. The van der Waals surface area contributed by atoms with E-state index < -0.39 is 0 Å². The number of nitrogens with two attached hydrogens (primary N) is 1. The number of aryl methyl sites for hydroxylation is 1. The normalized spacial score (nSPS) is 11.0. The summed E-state index contributed by atoms with van der Waals surface area (Å²) in [6, 6.07) is 16.0. The number of fused-ring (bicyclic) bond motifs is 2. The highest BCUT2D eigenvalue weighted by Crippen LogP contribution is 2.36. The summed E-state index contributed by atoms with van der Waals surface area (Å²) in [5, 5.41) is 19.8. The Morgan fingerprint density at radius 2 is 2.03 bits per heavy atom. The highest BCUT2D eigenvalue weighted by molar-refractivity contribution is 6.00. The van der Waals surface area contributed by atoms with E-state index >= 15 is 0 Å². The second-order valence-electron chi connectivity index (χ2n) is 8.18. The summed E-state index contributed by atoms with van der Waals surface area (Å²) in [7, 11) is 0. The molecule has 5 aromatic rings. The van der Waals surface area contributed by atoms with Gasteiger partial charge < -0.3 is 15.8 Å². The van der Waals surface area contributed by atoms with Crippen molar-refractivity contribution in [3.05, 3.63) is 77.9 Å². The van der Waals surface area contributed by atoms with Gasteiger partial charge in [0.2, 0.25) is 0 Å². The van der Waals surface area contributed by atoms with Crippen LogP contribution >= 0.6 is 0 Å². The van der Waals surface area contributed by atoms with Gasteiger partial charge in [-0.05, 0) is 49.2 Å². The van der Waals surface area contributed by atoms with Gasteiger partial charge in [0, 0.05) is 34.9 Å². The molecule has 0 aliphatic rings. The molecule has 0 amide bonds. The first-order valence-corrected chi connectivity index (χ1v) is 11.5. The van der Waals surface area contributed by atoms with Crippen molar-refractivity contribution < 1.29 is 4.74 Å². The lowest BCUT2D eigenvalue weighted by molar-refractivity contribution is 0.342. The Morgan fingerprint density at radius 1 is 1.14 bits per heavy atom. The van der Waals surface area contributed by atoms with Gasteiger partial charge in [-0.2, -0.15) is 10.4 Å². The lowest BCUT2D eigenvalue weighted by atomic mass is 10.0. The van der Waals surface area contributed by atoms with Crippen molar-refractivity contribution in [1.29, 1.82) is 5.26 Å². The molecule has 3 aromatic heterocycles. The number of pyridine rings is 2. The van der Waals surface area contributed by atoms with Gasteiger partial charge in [0.05, 0.1) is 53.0 Å². The molecule has 0 radical (unpaired) electrons. The number of nitrogens with one attached hydrogen (secondary N) is 1. The zero-order valence-electron chi connectivity index (χ0n) is 19.6. The molecule has 8 heteroatoms. The van der Waals surface area contributed by atoms with Gasteiger partial charge >= 0.3 is 0 Å². The van der Waals surface area contributed by atoms with Crippen molar-refractivity contribution in [3.8, 4) is 11.8 Å². The van der Waals surface area contributed by atoms with Crippen LogP contribution in [0.1, 0.15) is 30.7 Å². The fourth-order valence-corrected chi connectivity index (χ4v) is 4.25. The summed E-state index contributed by atoms with van der Waals surface area (Å²) >= 11 is 0. The lowest BCUT2D eigenvalue weighted by Crippen LogP contribution is -2.04. The zero-order chi connectivity index (χ0) is 24.4. The van der Waals surface area contributed by atoms with E-state index in [1.54, 1.807) is 6.20 Å². The summed E-state index contributed by atoms with van der Waals surface area (Å²) < 4.78 is 7.61. The zero-order valence-corrected chi connectivity index (χ0v) is 19.6. The van der Waals surface area contributed by atoms with E-state index in [4.69, 9.17) is 15.5 Å². The first-order chi connectivity index (χ1) is 17.1. The van der Waals surface area contributed by atoms with Crippen LogP contribution in [0.4, 0.5) is 17.1 Å². The molecule has 2 aromatic carbocycles. The minimum Gasteiger partial charge on any atom is -0.492 e. The van der Waals surface area contributed by atoms with Gasteiger partial charge in [-0.15, -0.1) is 0 Å². The predicted octanol–water partition coefficient (Wildman–Crippen LogP) is 5.19. The maximum Gasteiger partial charge on any atom is 0.144 e. The van der Waals surface area contributed by atoms with Crippen molar-refractivity contribution in [2.24, 2.45) is 0 Å². The molecule has 0 unspecified atom stereocenters. The minimum atomic E-state index is 0.504. The van der Waals surface area contributed by atoms with E-state index in [-0.39, 0.29) is 0 Å². The van der Waals surface area contributed by atoms with Crippen molar-refractivity contribution in [3.63, 3.8) is 0 Å². The number of ether oxygens (including phenoxy) is 1. The van der Waals surface area contributed by atoms with Crippen LogP contribution in [0.3, 0.4) is 0 Å². The molecule has 0 bridgehead atoms. The number of hydrogen-bond donors (Lipinski definition) is 2. The number of nitrogens with zero attached hydrogens (tertiary/aromatic N) is 5. The van der Waals surface area contributed by atoms with Crippen molar-refractivity contribution in [2.75, 3.05) is 17.7 Å². The van der Waals surface area contributed by atoms with Gasteiger partial charge in [-0.3, -0.25) is 14.6 Å². The smallest absolute Gasteiger partial charge is 0.144 e. The molecule has 0 fully saturated rings.